The summed E-state index contributed by atoms with van der Waals surface area (Å²) in [4.78, 5) is 29.0. The van der Waals surface area contributed by atoms with Gasteiger partial charge in [0.15, 0.2) is 6.61 Å². The Morgan fingerprint density at radius 1 is 0.867 bits per heavy atom. The van der Waals surface area contributed by atoms with Crippen LogP contribution in [-0.2, 0) is 9.59 Å². The van der Waals surface area contributed by atoms with Gasteiger partial charge < -0.3 is 19.3 Å². The molecule has 0 N–H and O–H groups in total. The number of carbonyl (C=O) groups is 2. The molecule has 1 aliphatic carbocycles. The van der Waals surface area contributed by atoms with Gasteiger partial charge in [-0.2, -0.15) is 0 Å². The average molecular weight is 408 g/mol. The van der Waals surface area contributed by atoms with E-state index in [1.807, 2.05) is 42.2 Å². The van der Waals surface area contributed by atoms with Crippen LogP contribution in [0, 0.1) is 5.92 Å². The molecule has 2 aromatic carbocycles. The van der Waals surface area contributed by atoms with Crippen LogP contribution >= 0.6 is 0 Å². The molecule has 4 rings (SSSR count). The van der Waals surface area contributed by atoms with Crippen molar-refractivity contribution < 1.29 is 19.1 Å². The van der Waals surface area contributed by atoms with E-state index in [1.54, 1.807) is 17.0 Å². The highest BCUT2D eigenvalue weighted by atomic mass is 16.5. The zero-order chi connectivity index (χ0) is 20.9. The van der Waals surface area contributed by atoms with Gasteiger partial charge in [-0.15, -0.1) is 0 Å². The summed E-state index contributed by atoms with van der Waals surface area (Å²) in [5.74, 6) is 2.04. The Hall–Kier alpha value is -3.02. The SMILES string of the molecule is CCOc1ccc(OCC(=O)N2CCN(C(=O)C3CC3c3ccccc3)CC2)cc1. The van der Waals surface area contributed by atoms with E-state index < -0.39 is 0 Å². The van der Waals surface area contributed by atoms with Gasteiger partial charge in [0.25, 0.3) is 5.91 Å². The minimum Gasteiger partial charge on any atom is -0.494 e. The van der Waals surface area contributed by atoms with Crippen molar-refractivity contribution in [1.82, 2.24) is 9.80 Å². The van der Waals surface area contributed by atoms with Crippen LogP contribution in [0.25, 0.3) is 0 Å². The fourth-order valence-corrected chi connectivity index (χ4v) is 3.98. The van der Waals surface area contributed by atoms with Gasteiger partial charge in [-0.3, -0.25) is 9.59 Å². The van der Waals surface area contributed by atoms with Crippen molar-refractivity contribution >= 4 is 11.8 Å². The van der Waals surface area contributed by atoms with Crippen molar-refractivity contribution in [1.29, 1.82) is 0 Å². The molecule has 30 heavy (non-hydrogen) atoms. The lowest BCUT2D eigenvalue weighted by molar-refractivity contribution is -0.141. The summed E-state index contributed by atoms with van der Waals surface area (Å²) >= 11 is 0. The molecular weight excluding hydrogens is 380 g/mol. The third kappa shape index (κ3) is 4.75. The van der Waals surface area contributed by atoms with Crippen LogP contribution < -0.4 is 9.47 Å². The number of piperazine rings is 1. The van der Waals surface area contributed by atoms with Crippen molar-refractivity contribution in [2.24, 2.45) is 5.92 Å². The molecule has 2 atom stereocenters. The number of nitrogens with zero attached hydrogens (tertiary/aromatic N) is 2. The lowest BCUT2D eigenvalue weighted by Gasteiger charge is -2.35. The first-order chi connectivity index (χ1) is 14.7. The van der Waals surface area contributed by atoms with E-state index in [1.165, 1.54) is 5.56 Å². The van der Waals surface area contributed by atoms with Crippen LogP contribution in [0.1, 0.15) is 24.8 Å². The Morgan fingerprint density at radius 2 is 1.47 bits per heavy atom. The predicted octanol–water partition coefficient (Wildman–Crippen LogP) is 2.94. The molecule has 0 aromatic heterocycles. The number of rotatable bonds is 7. The van der Waals surface area contributed by atoms with E-state index >= 15 is 0 Å². The molecule has 6 nitrogen and oxygen atoms in total. The largest absolute Gasteiger partial charge is 0.494 e. The first-order valence-corrected chi connectivity index (χ1v) is 10.6. The lowest BCUT2D eigenvalue weighted by atomic mass is 10.1. The molecule has 2 aliphatic rings. The molecule has 0 bridgehead atoms. The fourth-order valence-electron chi connectivity index (χ4n) is 3.98. The zero-order valence-corrected chi connectivity index (χ0v) is 17.3. The van der Waals surface area contributed by atoms with E-state index in [0.717, 1.165) is 12.2 Å². The Kier molecular flexibility index (Phi) is 6.21. The third-order valence-corrected chi connectivity index (χ3v) is 5.78. The second-order valence-electron chi connectivity index (χ2n) is 7.76. The summed E-state index contributed by atoms with van der Waals surface area (Å²) in [6.07, 6.45) is 0.928. The maximum absolute atomic E-state index is 12.8. The molecule has 158 valence electrons. The molecule has 1 saturated carbocycles. The van der Waals surface area contributed by atoms with Crippen molar-refractivity contribution in [3.63, 3.8) is 0 Å². The highest BCUT2D eigenvalue weighted by molar-refractivity contribution is 5.83. The van der Waals surface area contributed by atoms with Crippen LogP contribution in [0.4, 0.5) is 0 Å². The smallest absolute Gasteiger partial charge is 0.260 e. The van der Waals surface area contributed by atoms with Crippen molar-refractivity contribution in [3.05, 3.63) is 60.2 Å². The second-order valence-corrected chi connectivity index (χ2v) is 7.76. The topological polar surface area (TPSA) is 59.1 Å². The van der Waals surface area contributed by atoms with E-state index in [-0.39, 0.29) is 24.3 Å². The molecule has 1 saturated heterocycles. The number of hydrogen-bond acceptors (Lipinski definition) is 4. The summed E-state index contributed by atoms with van der Waals surface area (Å²) in [5.41, 5.74) is 1.25. The Bertz CT molecular complexity index is 861. The fraction of sp³-hybridized carbons (Fsp3) is 0.417. The summed E-state index contributed by atoms with van der Waals surface area (Å²) in [5, 5.41) is 0. The maximum atomic E-state index is 12.8. The molecule has 2 unspecified atom stereocenters. The number of hydrogen-bond donors (Lipinski definition) is 0. The summed E-state index contributed by atoms with van der Waals surface area (Å²) in [7, 11) is 0. The van der Waals surface area contributed by atoms with Gasteiger partial charge in [0.05, 0.1) is 6.61 Å². The van der Waals surface area contributed by atoms with Gasteiger partial charge in [-0.05, 0) is 49.1 Å². The van der Waals surface area contributed by atoms with Gasteiger partial charge in [0, 0.05) is 32.1 Å². The van der Waals surface area contributed by atoms with Crippen molar-refractivity contribution in [3.8, 4) is 11.5 Å². The molecular formula is C24H28N2O4. The molecule has 6 heteroatoms. The minimum atomic E-state index is -0.0513. The first-order valence-electron chi connectivity index (χ1n) is 10.6. The molecule has 0 radical (unpaired) electrons. The maximum Gasteiger partial charge on any atom is 0.260 e. The van der Waals surface area contributed by atoms with E-state index in [2.05, 4.69) is 12.1 Å². The Labute approximate surface area is 177 Å². The molecule has 1 aliphatic heterocycles. The van der Waals surface area contributed by atoms with Gasteiger partial charge >= 0.3 is 0 Å². The number of carbonyl (C=O) groups excluding carboxylic acids is 2. The first kappa shape index (κ1) is 20.3. The zero-order valence-electron chi connectivity index (χ0n) is 17.3. The van der Waals surface area contributed by atoms with Crippen molar-refractivity contribution in [2.75, 3.05) is 39.4 Å². The van der Waals surface area contributed by atoms with Gasteiger partial charge in [0.1, 0.15) is 11.5 Å². The number of benzene rings is 2. The Balaban J connectivity index is 1.20. The molecule has 2 aromatic rings. The normalized spacial score (nSPS) is 20.6. The summed E-state index contributed by atoms with van der Waals surface area (Å²) in [6, 6.07) is 17.5. The van der Waals surface area contributed by atoms with Gasteiger partial charge in [-0.25, -0.2) is 0 Å². The van der Waals surface area contributed by atoms with Crippen LogP contribution in [0.2, 0.25) is 0 Å². The van der Waals surface area contributed by atoms with Crippen LogP contribution in [0.5, 0.6) is 11.5 Å². The predicted molar refractivity (Wildman–Crippen MR) is 114 cm³/mol. The summed E-state index contributed by atoms with van der Waals surface area (Å²) < 4.78 is 11.0. The average Bonchev–Trinajstić information content (AvgIpc) is 3.60. The minimum absolute atomic E-state index is 0.000629. The van der Waals surface area contributed by atoms with E-state index in [0.29, 0.717) is 44.5 Å². The molecule has 0 spiro atoms. The lowest BCUT2D eigenvalue weighted by Crippen LogP contribution is -2.52. The molecule has 1 heterocycles. The highest BCUT2D eigenvalue weighted by Crippen LogP contribution is 2.48. The second kappa shape index (κ2) is 9.20. The van der Waals surface area contributed by atoms with Crippen LogP contribution in [0.15, 0.2) is 54.6 Å². The third-order valence-electron chi connectivity index (χ3n) is 5.78. The number of amides is 2. The van der Waals surface area contributed by atoms with Crippen LogP contribution in [-0.4, -0.2) is 61.0 Å². The summed E-state index contributed by atoms with van der Waals surface area (Å²) in [6.45, 7) is 4.83. The molecule has 2 fully saturated rings. The van der Waals surface area contributed by atoms with Crippen LogP contribution in [0.3, 0.4) is 0 Å². The number of ether oxygens (including phenoxy) is 2. The molecule has 2 amide bonds. The van der Waals surface area contributed by atoms with Gasteiger partial charge in [-0.1, -0.05) is 30.3 Å². The van der Waals surface area contributed by atoms with E-state index in [4.69, 9.17) is 9.47 Å². The standard InChI is InChI=1S/C24H28N2O4/c1-2-29-19-8-10-20(11-9-19)30-17-23(27)25-12-14-26(15-13-25)24(28)22-16-21(22)18-6-4-3-5-7-18/h3-11,21-22H,2,12-17H2,1H3. The van der Waals surface area contributed by atoms with E-state index in [9.17, 15) is 9.59 Å². The monoisotopic (exact) mass is 408 g/mol. The van der Waals surface area contributed by atoms with Gasteiger partial charge in [0.2, 0.25) is 5.91 Å². The quantitative estimate of drug-likeness (QED) is 0.707. The Morgan fingerprint density at radius 3 is 2.10 bits per heavy atom. The van der Waals surface area contributed by atoms with Crippen molar-refractivity contribution in [2.45, 2.75) is 19.3 Å². The highest BCUT2D eigenvalue weighted by Gasteiger charge is 2.46.